The van der Waals surface area contributed by atoms with Gasteiger partial charge in [0.2, 0.25) is 0 Å². The maximum absolute atomic E-state index is 9.82. The van der Waals surface area contributed by atoms with E-state index in [0.717, 1.165) is 37.2 Å². The Morgan fingerprint density at radius 1 is 1.12 bits per heavy atom. The summed E-state index contributed by atoms with van der Waals surface area (Å²) < 4.78 is 0. The lowest BCUT2D eigenvalue weighted by atomic mass is 9.98. The van der Waals surface area contributed by atoms with Crippen LogP contribution in [0.2, 0.25) is 0 Å². The van der Waals surface area contributed by atoms with E-state index < -0.39 is 5.60 Å². The Morgan fingerprint density at radius 2 is 1.76 bits per heavy atom. The van der Waals surface area contributed by atoms with E-state index in [9.17, 15) is 5.11 Å². The molecule has 0 unspecified atom stereocenters. The molecule has 96 valence electrons. The zero-order chi connectivity index (χ0) is 12.7. The summed E-state index contributed by atoms with van der Waals surface area (Å²) in [5.74, 6) is 0. The minimum absolute atomic E-state index is 0.764. The van der Waals surface area contributed by atoms with Crippen molar-refractivity contribution in [3.8, 4) is 0 Å². The van der Waals surface area contributed by atoms with Crippen molar-refractivity contribution in [1.29, 1.82) is 0 Å². The zero-order valence-electron chi connectivity index (χ0n) is 10.9. The molecule has 3 heteroatoms. The second-order valence-electron chi connectivity index (χ2n) is 4.91. The molecule has 4 N–H and O–H groups in total. The van der Waals surface area contributed by atoms with E-state index in [0.29, 0.717) is 0 Å². The van der Waals surface area contributed by atoms with E-state index in [4.69, 9.17) is 5.73 Å². The highest BCUT2D eigenvalue weighted by molar-refractivity contribution is 5.45. The van der Waals surface area contributed by atoms with Gasteiger partial charge in [-0.1, -0.05) is 18.6 Å². The summed E-state index contributed by atoms with van der Waals surface area (Å²) in [5, 5.41) is 13.2. The number of hydrogen-bond acceptors (Lipinski definition) is 3. The van der Waals surface area contributed by atoms with Crippen LogP contribution in [0.15, 0.2) is 24.3 Å². The number of unbranched alkanes of at least 4 members (excludes halogenated alkanes) is 2. The predicted molar refractivity (Wildman–Crippen MR) is 73.1 cm³/mol. The molecule has 0 radical (unpaired) electrons. The lowest BCUT2D eigenvalue weighted by molar-refractivity contribution is 0.0786. The molecule has 0 saturated carbocycles. The van der Waals surface area contributed by atoms with Crippen molar-refractivity contribution in [2.45, 2.75) is 38.7 Å². The molecule has 0 aliphatic rings. The topological polar surface area (TPSA) is 58.3 Å². The zero-order valence-corrected chi connectivity index (χ0v) is 10.9. The molecule has 0 bridgehead atoms. The fraction of sp³-hybridized carbons (Fsp3) is 0.571. The van der Waals surface area contributed by atoms with Gasteiger partial charge in [-0.25, -0.2) is 0 Å². The molecule has 0 aliphatic carbocycles. The standard InChI is InChI=1S/C14H24N2O/c1-14(2,17)12-6-8-13(9-7-12)16-11-5-3-4-10-15/h6-9,16-17H,3-5,10-11,15H2,1-2H3. The van der Waals surface area contributed by atoms with Crippen LogP contribution in [0.4, 0.5) is 5.69 Å². The first kappa shape index (κ1) is 14.0. The summed E-state index contributed by atoms with van der Waals surface area (Å²) in [4.78, 5) is 0. The predicted octanol–water partition coefficient (Wildman–Crippen LogP) is 2.45. The van der Waals surface area contributed by atoms with Crippen LogP contribution in [0.3, 0.4) is 0 Å². The average Bonchev–Trinajstić information content (AvgIpc) is 2.28. The Bertz CT molecular complexity index is 314. The summed E-state index contributed by atoms with van der Waals surface area (Å²) in [6.07, 6.45) is 3.41. The summed E-state index contributed by atoms with van der Waals surface area (Å²) in [6.45, 7) is 5.34. The van der Waals surface area contributed by atoms with Gasteiger partial charge in [-0.2, -0.15) is 0 Å². The number of rotatable bonds is 7. The molecular formula is C14H24N2O. The third-order valence-electron chi connectivity index (χ3n) is 2.80. The molecule has 0 saturated heterocycles. The molecule has 0 fully saturated rings. The van der Waals surface area contributed by atoms with Crippen molar-refractivity contribution in [3.05, 3.63) is 29.8 Å². The molecule has 0 aromatic heterocycles. The van der Waals surface area contributed by atoms with Crippen molar-refractivity contribution in [1.82, 2.24) is 0 Å². The second-order valence-corrected chi connectivity index (χ2v) is 4.91. The number of nitrogens with two attached hydrogens (primary N) is 1. The molecule has 0 atom stereocenters. The average molecular weight is 236 g/mol. The van der Waals surface area contributed by atoms with E-state index in [1.165, 1.54) is 6.42 Å². The molecule has 0 spiro atoms. The second kappa shape index (κ2) is 6.62. The Kier molecular flexibility index (Phi) is 5.45. The number of nitrogens with one attached hydrogen (secondary N) is 1. The van der Waals surface area contributed by atoms with Crippen LogP contribution in [0, 0.1) is 0 Å². The van der Waals surface area contributed by atoms with Crippen LogP contribution in [0.25, 0.3) is 0 Å². The highest BCUT2D eigenvalue weighted by Gasteiger charge is 2.14. The van der Waals surface area contributed by atoms with Gasteiger partial charge in [0.25, 0.3) is 0 Å². The van der Waals surface area contributed by atoms with Gasteiger partial charge in [0.05, 0.1) is 5.60 Å². The van der Waals surface area contributed by atoms with Gasteiger partial charge in [0.1, 0.15) is 0 Å². The normalized spacial score (nSPS) is 11.5. The number of aliphatic hydroxyl groups is 1. The number of hydrogen-bond donors (Lipinski definition) is 3. The van der Waals surface area contributed by atoms with Gasteiger partial charge in [-0.3, -0.25) is 0 Å². The summed E-state index contributed by atoms with van der Waals surface area (Å²) >= 11 is 0. The minimum atomic E-state index is -0.764. The third-order valence-corrected chi connectivity index (χ3v) is 2.80. The van der Waals surface area contributed by atoms with Gasteiger partial charge in [0, 0.05) is 12.2 Å². The van der Waals surface area contributed by atoms with Gasteiger partial charge >= 0.3 is 0 Å². The molecule has 1 aromatic rings. The monoisotopic (exact) mass is 236 g/mol. The molecule has 0 heterocycles. The third kappa shape index (κ3) is 5.20. The molecule has 1 rings (SSSR count). The van der Waals surface area contributed by atoms with E-state index in [1.54, 1.807) is 13.8 Å². The van der Waals surface area contributed by atoms with E-state index in [1.807, 2.05) is 24.3 Å². The van der Waals surface area contributed by atoms with Crippen molar-refractivity contribution >= 4 is 5.69 Å². The first-order chi connectivity index (χ1) is 8.04. The number of anilines is 1. The fourth-order valence-corrected chi connectivity index (χ4v) is 1.67. The smallest absolute Gasteiger partial charge is 0.0840 e. The van der Waals surface area contributed by atoms with E-state index in [2.05, 4.69) is 5.32 Å². The van der Waals surface area contributed by atoms with Crippen LogP contribution in [0.1, 0.15) is 38.7 Å². The maximum Gasteiger partial charge on any atom is 0.0840 e. The highest BCUT2D eigenvalue weighted by Crippen LogP contribution is 2.21. The van der Waals surface area contributed by atoms with Crippen molar-refractivity contribution in [2.24, 2.45) is 5.73 Å². The molecule has 1 aromatic carbocycles. The number of benzene rings is 1. The Morgan fingerprint density at radius 3 is 2.29 bits per heavy atom. The van der Waals surface area contributed by atoms with Gasteiger partial charge < -0.3 is 16.2 Å². The van der Waals surface area contributed by atoms with E-state index >= 15 is 0 Å². The lowest BCUT2D eigenvalue weighted by Gasteiger charge is -2.18. The first-order valence-electron chi connectivity index (χ1n) is 6.31. The summed E-state index contributed by atoms with van der Waals surface area (Å²) in [5.41, 5.74) is 6.71. The minimum Gasteiger partial charge on any atom is -0.386 e. The van der Waals surface area contributed by atoms with Crippen LogP contribution >= 0.6 is 0 Å². The Hall–Kier alpha value is -1.06. The molecular weight excluding hydrogens is 212 g/mol. The van der Waals surface area contributed by atoms with Crippen molar-refractivity contribution < 1.29 is 5.11 Å². The van der Waals surface area contributed by atoms with Gasteiger partial charge in [-0.15, -0.1) is 0 Å². The van der Waals surface area contributed by atoms with Crippen LogP contribution in [-0.4, -0.2) is 18.2 Å². The van der Waals surface area contributed by atoms with Crippen LogP contribution < -0.4 is 11.1 Å². The van der Waals surface area contributed by atoms with Gasteiger partial charge in [-0.05, 0) is 50.9 Å². The van der Waals surface area contributed by atoms with Gasteiger partial charge in [0.15, 0.2) is 0 Å². The molecule has 0 amide bonds. The SMILES string of the molecule is CC(C)(O)c1ccc(NCCCCCN)cc1. The quantitative estimate of drug-likeness (QED) is 0.637. The molecule has 3 nitrogen and oxygen atoms in total. The Balaban J connectivity index is 2.36. The Labute approximate surface area is 104 Å². The maximum atomic E-state index is 9.82. The fourth-order valence-electron chi connectivity index (χ4n) is 1.67. The molecule has 0 aliphatic heterocycles. The van der Waals surface area contributed by atoms with Crippen molar-refractivity contribution in [3.63, 3.8) is 0 Å². The largest absolute Gasteiger partial charge is 0.386 e. The summed E-state index contributed by atoms with van der Waals surface area (Å²) in [6, 6.07) is 7.94. The van der Waals surface area contributed by atoms with Crippen molar-refractivity contribution in [2.75, 3.05) is 18.4 Å². The lowest BCUT2D eigenvalue weighted by Crippen LogP contribution is -2.15. The van der Waals surface area contributed by atoms with E-state index in [-0.39, 0.29) is 0 Å². The first-order valence-corrected chi connectivity index (χ1v) is 6.31. The summed E-state index contributed by atoms with van der Waals surface area (Å²) in [7, 11) is 0. The molecule has 17 heavy (non-hydrogen) atoms. The van der Waals surface area contributed by atoms with Crippen LogP contribution in [0.5, 0.6) is 0 Å². The van der Waals surface area contributed by atoms with Crippen LogP contribution in [-0.2, 0) is 5.60 Å². The highest BCUT2D eigenvalue weighted by atomic mass is 16.3.